The minimum absolute atomic E-state index is 0.224. The summed E-state index contributed by atoms with van der Waals surface area (Å²) in [4.78, 5) is 27.1. The predicted molar refractivity (Wildman–Crippen MR) is 140 cm³/mol. The molecule has 0 atom stereocenters. The standard InChI is InChI=1S/C17H24FNO3.C11H21NO3/c1-17(2,3)22-16(20)19-10-8-13(9-11-19)12-21-15-6-4-14(18)5-7-15;1-11(2,3)15-10(14)12-6-4-9(8-13)5-7-12/h4-7,13H,8-12H2,1-3H3;9,13H,4-8H2,1-3H3. The van der Waals surface area contributed by atoms with Gasteiger partial charge in [0.05, 0.1) is 6.61 Å². The maximum atomic E-state index is 12.8. The topological polar surface area (TPSA) is 88.5 Å². The molecule has 2 aliphatic heterocycles. The maximum absolute atomic E-state index is 12.8. The average molecular weight is 525 g/mol. The highest BCUT2D eigenvalue weighted by Gasteiger charge is 2.28. The molecule has 1 aromatic carbocycles. The van der Waals surface area contributed by atoms with Crippen LogP contribution in [-0.4, -0.2) is 77.7 Å². The molecule has 2 fully saturated rings. The second kappa shape index (κ2) is 13.8. The number of nitrogens with zero attached hydrogens (tertiary/aromatic N) is 2. The van der Waals surface area contributed by atoms with Crippen molar-refractivity contribution >= 4 is 12.2 Å². The van der Waals surface area contributed by atoms with Crippen LogP contribution in [0.3, 0.4) is 0 Å². The summed E-state index contributed by atoms with van der Waals surface area (Å²) < 4.78 is 29.1. The molecule has 0 aromatic heterocycles. The van der Waals surface area contributed by atoms with Crippen molar-refractivity contribution in [1.29, 1.82) is 0 Å². The normalized spacial score (nSPS) is 17.5. The first kappa shape index (κ1) is 30.7. The van der Waals surface area contributed by atoms with Gasteiger partial charge in [0.15, 0.2) is 0 Å². The van der Waals surface area contributed by atoms with Crippen LogP contribution in [0.4, 0.5) is 14.0 Å². The first-order valence-corrected chi connectivity index (χ1v) is 13.2. The molecule has 37 heavy (non-hydrogen) atoms. The third kappa shape index (κ3) is 12.0. The zero-order valence-corrected chi connectivity index (χ0v) is 23.3. The quantitative estimate of drug-likeness (QED) is 0.561. The summed E-state index contributed by atoms with van der Waals surface area (Å²) in [6.07, 6.45) is 3.04. The zero-order valence-electron chi connectivity index (χ0n) is 23.3. The van der Waals surface area contributed by atoms with Gasteiger partial charge in [0, 0.05) is 32.8 Å². The van der Waals surface area contributed by atoms with Crippen molar-refractivity contribution in [1.82, 2.24) is 9.80 Å². The minimum atomic E-state index is -0.459. The number of rotatable bonds is 4. The van der Waals surface area contributed by atoms with Crippen LogP contribution in [0, 0.1) is 17.7 Å². The fourth-order valence-electron chi connectivity index (χ4n) is 3.98. The van der Waals surface area contributed by atoms with E-state index >= 15 is 0 Å². The Labute approximate surface area is 221 Å². The molecule has 2 aliphatic rings. The Morgan fingerprint density at radius 1 is 0.811 bits per heavy atom. The number of hydrogen-bond acceptors (Lipinski definition) is 6. The highest BCUT2D eigenvalue weighted by Crippen LogP contribution is 2.22. The molecule has 0 unspecified atom stereocenters. The van der Waals surface area contributed by atoms with Gasteiger partial charge in [-0.25, -0.2) is 14.0 Å². The van der Waals surface area contributed by atoms with Gasteiger partial charge >= 0.3 is 12.2 Å². The SMILES string of the molecule is CC(C)(C)OC(=O)N1CCC(CO)CC1.CC(C)(C)OC(=O)N1CCC(COc2ccc(F)cc2)CC1. The Morgan fingerprint density at radius 2 is 1.22 bits per heavy atom. The summed E-state index contributed by atoms with van der Waals surface area (Å²) in [6, 6.07) is 6.04. The van der Waals surface area contributed by atoms with Crippen molar-refractivity contribution in [2.24, 2.45) is 11.8 Å². The van der Waals surface area contributed by atoms with E-state index in [1.165, 1.54) is 12.1 Å². The van der Waals surface area contributed by atoms with Gasteiger partial charge < -0.3 is 29.1 Å². The van der Waals surface area contributed by atoms with Gasteiger partial charge in [-0.05, 0) is 103 Å². The molecule has 1 N–H and O–H groups in total. The zero-order chi connectivity index (χ0) is 27.6. The van der Waals surface area contributed by atoms with Gasteiger partial charge in [-0.15, -0.1) is 0 Å². The molecule has 2 heterocycles. The summed E-state index contributed by atoms with van der Waals surface area (Å²) in [5, 5.41) is 8.97. The molecule has 2 amide bonds. The van der Waals surface area contributed by atoms with Crippen LogP contribution in [0.1, 0.15) is 67.2 Å². The number of amides is 2. The van der Waals surface area contributed by atoms with Gasteiger partial charge in [0.1, 0.15) is 22.8 Å². The van der Waals surface area contributed by atoms with E-state index in [1.807, 2.05) is 41.5 Å². The van der Waals surface area contributed by atoms with Gasteiger partial charge in [0.25, 0.3) is 0 Å². The number of ether oxygens (including phenoxy) is 3. The van der Waals surface area contributed by atoms with Crippen LogP contribution in [0.5, 0.6) is 5.75 Å². The lowest BCUT2D eigenvalue weighted by Crippen LogP contribution is -2.42. The molecular weight excluding hydrogens is 479 g/mol. The molecular formula is C28H45FN2O6. The third-order valence-electron chi connectivity index (χ3n) is 6.09. The van der Waals surface area contributed by atoms with E-state index in [9.17, 15) is 14.0 Å². The van der Waals surface area contributed by atoms with Crippen molar-refractivity contribution in [3.8, 4) is 5.75 Å². The van der Waals surface area contributed by atoms with Crippen LogP contribution in [0.2, 0.25) is 0 Å². The molecule has 2 saturated heterocycles. The molecule has 1 aromatic rings. The van der Waals surface area contributed by atoms with Crippen molar-refractivity contribution in [2.45, 2.75) is 78.4 Å². The number of benzene rings is 1. The van der Waals surface area contributed by atoms with E-state index in [1.54, 1.807) is 21.9 Å². The van der Waals surface area contributed by atoms with Gasteiger partial charge in [0.2, 0.25) is 0 Å². The molecule has 210 valence electrons. The van der Waals surface area contributed by atoms with E-state index in [0.717, 1.165) is 25.7 Å². The van der Waals surface area contributed by atoms with Crippen molar-refractivity contribution in [2.75, 3.05) is 39.4 Å². The number of aliphatic hydroxyl groups excluding tert-OH is 1. The molecule has 0 saturated carbocycles. The fraction of sp³-hybridized carbons (Fsp3) is 0.714. The Morgan fingerprint density at radius 3 is 1.59 bits per heavy atom. The van der Waals surface area contributed by atoms with E-state index in [2.05, 4.69) is 0 Å². The number of piperidine rings is 2. The second-order valence-electron chi connectivity index (χ2n) is 11.8. The van der Waals surface area contributed by atoms with Crippen molar-refractivity contribution < 1.29 is 33.3 Å². The molecule has 8 nitrogen and oxygen atoms in total. The van der Waals surface area contributed by atoms with E-state index in [-0.39, 0.29) is 24.6 Å². The van der Waals surface area contributed by atoms with E-state index in [0.29, 0.717) is 50.4 Å². The molecule has 0 aliphatic carbocycles. The molecule has 0 bridgehead atoms. The molecule has 9 heteroatoms. The monoisotopic (exact) mass is 524 g/mol. The molecule has 3 rings (SSSR count). The number of aliphatic hydroxyl groups is 1. The summed E-state index contributed by atoms with van der Waals surface area (Å²) >= 11 is 0. The summed E-state index contributed by atoms with van der Waals surface area (Å²) in [5.74, 6) is 1.17. The lowest BCUT2D eigenvalue weighted by molar-refractivity contribution is 0.0152. The lowest BCUT2D eigenvalue weighted by Gasteiger charge is -2.33. The Kier molecular flexibility index (Phi) is 11.5. The van der Waals surface area contributed by atoms with Gasteiger partial charge in [-0.1, -0.05) is 0 Å². The lowest BCUT2D eigenvalue weighted by atomic mass is 9.98. The fourth-order valence-corrected chi connectivity index (χ4v) is 3.98. The van der Waals surface area contributed by atoms with Crippen LogP contribution >= 0.6 is 0 Å². The Hall–Kier alpha value is -2.55. The predicted octanol–water partition coefficient (Wildman–Crippen LogP) is 5.48. The number of likely N-dealkylation sites (tertiary alicyclic amines) is 2. The van der Waals surface area contributed by atoms with Gasteiger partial charge in [-0.2, -0.15) is 0 Å². The van der Waals surface area contributed by atoms with Crippen LogP contribution < -0.4 is 4.74 Å². The highest BCUT2D eigenvalue weighted by atomic mass is 19.1. The minimum Gasteiger partial charge on any atom is -0.493 e. The second-order valence-corrected chi connectivity index (χ2v) is 11.8. The highest BCUT2D eigenvalue weighted by molar-refractivity contribution is 5.68. The van der Waals surface area contributed by atoms with E-state index < -0.39 is 11.2 Å². The van der Waals surface area contributed by atoms with Gasteiger partial charge in [-0.3, -0.25) is 0 Å². The average Bonchev–Trinajstić information content (AvgIpc) is 2.82. The first-order valence-electron chi connectivity index (χ1n) is 13.2. The van der Waals surface area contributed by atoms with Crippen molar-refractivity contribution in [3.63, 3.8) is 0 Å². The molecule has 0 spiro atoms. The Balaban J connectivity index is 0.000000281. The number of carbonyl (C=O) groups is 2. The Bertz CT molecular complexity index is 834. The third-order valence-corrected chi connectivity index (χ3v) is 6.09. The number of carbonyl (C=O) groups excluding carboxylic acids is 2. The van der Waals surface area contributed by atoms with Crippen LogP contribution in [0.15, 0.2) is 24.3 Å². The summed E-state index contributed by atoms with van der Waals surface area (Å²) in [7, 11) is 0. The smallest absolute Gasteiger partial charge is 0.410 e. The number of hydrogen-bond donors (Lipinski definition) is 1. The van der Waals surface area contributed by atoms with E-state index in [4.69, 9.17) is 19.3 Å². The first-order chi connectivity index (χ1) is 17.3. The number of halogens is 1. The van der Waals surface area contributed by atoms with Crippen LogP contribution in [-0.2, 0) is 9.47 Å². The largest absolute Gasteiger partial charge is 0.493 e. The van der Waals surface area contributed by atoms with Crippen molar-refractivity contribution in [3.05, 3.63) is 30.1 Å². The molecule has 0 radical (unpaired) electrons. The summed E-state index contributed by atoms with van der Waals surface area (Å²) in [6.45, 7) is 14.8. The summed E-state index contributed by atoms with van der Waals surface area (Å²) in [5.41, 5.74) is -0.884. The van der Waals surface area contributed by atoms with Crippen LogP contribution in [0.25, 0.3) is 0 Å². The maximum Gasteiger partial charge on any atom is 0.410 e.